The van der Waals surface area contributed by atoms with Crippen LogP contribution in [0.15, 0.2) is 16.7 Å². The van der Waals surface area contributed by atoms with Crippen molar-refractivity contribution in [1.29, 1.82) is 0 Å². The summed E-state index contributed by atoms with van der Waals surface area (Å²) in [5.74, 6) is 0.886. The molecule has 0 aliphatic heterocycles. The largest absolute Gasteiger partial charge is 0.396 e. The molecule has 1 rings (SSSR count). The number of anilines is 1. The maximum atomic E-state index is 10.5. The van der Waals surface area contributed by atoms with E-state index in [1.807, 2.05) is 6.92 Å². The quantitative estimate of drug-likeness (QED) is 0.458. The molecule has 0 saturated heterocycles. The maximum Gasteiger partial charge on any atom is 0.288 e. The summed E-state index contributed by atoms with van der Waals surface area (Å²) in [4.78, 5) is 14.0. The zero-order chi connectivity index (χ0) is 13.5. The van der Waals surface area contributed by atoms with Crippen LogP contribution in [0.2, 0.25) is 0 Å². The van der Waals surface area contributed by atoms with Gasteiger partial charge in [0.25, 0.3) is 5.69 Å². The van der Waals surface area contributed by atoms with E-state index < -0.39 is 4.92 Å². The zero-order valence-electron chi connectivity index (χ0n) is 10.1. The summed E-state index contributed by atoms with van der Waals surface area (Å²) < 4.78 is 0.576. The number of rotatable bonds is 7. The molecule has 0 spiro atoms. The van der Waals surface area contributed by atoms with Gasteiger partial charge >= 0.3 is 0 Å². The second-order valence-corrected chi connectivity index (χ2v) is 4.99. The van der Waals surface area contributed by atoms with Crippen LogP contribution in [0.25, 0.3) is 0 Å². The number of pyridine rings is 1. The first kappa shape index (κ1) is 14.8. The van der Waals surface area contributed by atoms with Gasteiger partial charge in [0.1, 0.15) is 12.0 Å². The van der Waals surface area contributed by atoms with Gasteiger partial charge in [-0.15, -0.1) is 0 Å². The molecule has 100 valence electrons. The number of aliphatic hydroxyl groups excluding tert-OH is 1. The fraction of sp³-hybridized carbons (Fsp3) is 0.545. The molecule has 6 nitrogen and oxygen atoms in total. The molecule has 0 aromatic carbocycles. The minimum atomic E-state index is -0.482. The van der Waals surface area contributed by atoms with Crippen LogP contribution in [0.4, 0.5) is 11.5 Å². The molecule has 0 fully saturated rings. The molecule has 18 heavy (non-hydrogen) atoms. The van der Waals surface area contributed by atoms with Crippen molar-refractivity contribution < 1.29 is 10.0 Å². The number of hydrogen-bond acceptors (Lipinski definition) is 5. The second-order valence-electron chi connectivity index (χ2n) is 4.14. The lowest BCUT2D eigenvalue weighted by Crippen LogP contribution is -2.08. The Labute approximate surface area is 114 Å². The van der Waals surface area contributed by atoms with E-state index in [0.717, 1.165) is 12.8 Å². The number of aliphatic hydroxyl groups is 1. The van der Waals surface area contributed by atoms with Gasteiger partial charge in [-0.25, -0.2) is 4.98 Å². The number of nitrogens with one attached hydrogen (secondary N) is 1. The van der Waals surface area contributed by atoms with Gasteiger partial charge < -0.3 is 10.4 Å². The van der Waals surface area contributed by atoms with Gasteiger partial charge in [0, 0.05) is 19.2 Å². The number of hydrogen-bond donors (Lipinski definition) is 2. The molecule has 1 heterocycles. The lowest BCUT2D eigenvalue weighted by molar-refractivity contribution is -0.385. The van der Waals surface area contributed by atoms with Gasteiger partial charge in [-0.05, 0) is 34.7 Å². The van der Waals surface area contributed by atoms with Gasteiger partial charge in [0.15, 0.2) is 0 Å². The van der Waals surface area contributed by atoms with Crippen LogP contribution >= 0.6 is 15.9 Å². The molecule has 1 aromatic heterocycles. The highest BCUT2D eigenvalue weighted by Gasteiger charge is 2.10. The lowest BCUT2D eigenvalue weighted by atomic mass is 10.1. The van der Waals surface area contributed by atoms with Crippen molar-refractivity contribution in [1.82, 2.24) is 4.98 Å². The molecule has 1 atom stereocenters. The van der Waals surface area contributed by atoms with E-state index >= 15 is 0 Å². The maximum absolute atomic E-state index is 10.5. The van der Waals surface area contributed by atoms with Gasteiger partial charge in [-0.2, -0.15) is 0 Å². The summed E-state index contributed by atoms with van der Waals surface area (Å²) in [5.41, 5.74) is -0.0404. The molecule has 1 unspecified atom stereocenters. The minimum Gasteiger partial charge on any atom is -0.396 e. The SMILES string of the molecule is CC(CO)CCCNc1ncc([N+](=O)[O-])cc1Br. The van der Waals surface area contributed by atoms with E-state index in [1.54, 1.807) is 0 Å². The predicted molar refractivity (Wildman–Crippen MR) is 72.6 cm³/mol. The van der Waals surface area contributed by atoms with Gasteiger partial charge in [-0.3, -0.25) is 10.1 Å². The highest BCUT2D eigenvalue weighted by atomic mass is 79.9. The normalized spacial score (nSPS) is 12.2. The molecule has 0 aliphatic rings. The van der Waals surface area contributed by atoms with Crippen LogP contribution in [0, 0.1) is 16.0 Å². The molecule has 2 N–H and O–H groups in total. The summed E-state index contributed by atoms with van der Waals surface area (Å²) in [6, 6.07) is 1.42. The fourth-order valence-electron chi connectivity index (χ4n) is 1.41. The number of nitrogens with zero attached hydrogens (tertiary/aromatic N) is 2. The molecular formula is C11H16BrN3O3. The smallest absolute Gasteiger partial charge is 0.288 e. The first-order valence-corrected chi connectivity index (χ1v) is 6.48. The number of nitro groups is 1. The van der Waals surface area contributed by atoms with Crippen molar-refractivity contribution in [3.05, 3.63) is 26.9 Å². The Morgan fingerprint density at radius 2 is 2.39 bits per heavy atom. The third-order valence-electron chi connectivity index (χ3n) is 2.52. The monoisotopic (exact) mass is 317 g/mol. The summed E-state index contributed by atoms with van der Waals surface area (Å²) in [6.07, 6.45) is 3.06. The van der Waals surface area contributed by atoms with Crippen LogP contribution in [0.1, 0.15) is 19.8 Å². The summed E-state index contributed by atoms with van der Waals surface area (Å²) in [5, 5.41) is 22.5. The topological polar surface area (TPSA) is 88.3 Å². The zero-order valence-corrected chi connectivity index (χ0v) is 11.7. The molecule has 0 amide bonds. The van der Waals surface area contributed by atoms with Crippen molar-refractivity contribution in [3.8, 4) is 0 Å². The van der Waals surface area contributed by atoms with Crippen molar-refractivity contribution in [2.45, 2.75) is 19.8 Å². The molecular weight excluding hydrogens is 302 g/mol. The van der Waals surface area contributed by atoms with Crippen molar-refractivity contribution in [2.75, 3.05) is 18.5 Å². The Balaban J connectivity index is 2.46. The van der Waals surface area contributed by atoms with E-state index in [2.05, 4.69) is 26.2 Å². The summed E-state index contributed by atoms with van der Waals surface area (Å²) >= 11 is 3.24. The lowest BCUT2D eigenvalue weighted by Gasteiger charge is -2.09. The van der Waals surface area contributed by atoms with E-state index in [1.165, 1.54) is 12.3 Å². The Bertz CT molecular complexity index is 415. The van der Waals surface area contributed by atoms with E-state index in [9.17, 15) is 10.1 Å². The first-order valence-electron chi connectivity index (χ1n) is 5.69. The number of halogens is 1. The molecule has 1 aromatic rings. The third-order valence-corrected chi connectivity index (χ3v) is 3.12. The molecule has 7 heteroatoms. The van der Waals surface area contributed by atoms with Crippen LogP contribution in [-0.2, 0) is 0 Å². The summed E-state index contributed by atoms with van der Waals surface area (Å²) in [7, 11) is 0. The van der Waals surface area contributed by atoms with Gasteiger partial charge in [0.2, 0.25) is 0 Å². The minimum absolute atomic E-state index is 0.0404. The Morgan fingerprint density at radius 1 is 1.67 bits per heavy atom. The number of aromatic nitrogens is 1. The van der Waals surface area contributed by atoms with Crippen LogP contribution in [-0.4, -0.2) is 28.2 Å². The molecule has 0 saturated carbocycles. The van der Waals surface area contributed by atoms with Gasteiger partial charge in [0.05, 0.1) is 9.40 Å². The standard InChI is InChI=1S/C11H16BrN3O3/c1-8(7-16)3-2-4-13-11-10(12)5-9(6-14-11)15(17)18/h5-6,8,16H,2-4,7H2,1H3,(H,13,14). The molecule has 0 aliphatic carbocycles. The van der Waals surface area contributed by atoms with Crippen molar-refractivity contribution in [3.63, 3.8) is 0 Å². The highest BCUT2D eigenvalue weighted by molar-refractivity contribution is 9.10. The van der Waals surface area contributed by atoms with E-state index in [-0.39, 0.29) is 12.3 Å². The fourth-order valence-corrected chi connectivity index (χ4v) is 1.88. The van der Waals surface area contributed by atoms with Crippen LogP contribution in [0.3, 0.4) is 0 Å². The average Bonchev–Trinajstić information content (AvgIpc) is 2.35. The summed E-state index contributed by atoms with van der Waals surface area (Å²) in [6.45, 7) is 2.90. The van der Waals surface area contributed by atoms with Crippen molar-refractivity contribution in [2.24, 2.45) is 5.92 Å². The first-order chi connectivity index (χ1) is 8.54. The Hall–Kier alpha value is -1.21. The highest BCUT2D eigenvalue weighted by Crippen LogP contribution is 2.24. The molecule has 0 radical (unpaired) electrons. The Morgan fingerprint density at radius 3 is 2.94 bits per heavy atom. The van der Waals surface area contributed by atoms with E-state index in [4.69, 9.17) is 5.11 Å². The average molecular weight is 318 g/mol. The van der Waals surface area contributed by atoms with Crippen molar-refractivity contribution >= 4 is 27.4 Å². The van der Waals surface area contributed by atoms with E-state index in [0.29, 0.717) is 22.8 Å². The third kappa shape index (κ3) is 4.58. The second kappa shape index (κ2) is 7.27. The Kier molecular flexibility index (Phi) is 6.00. The van der Waals surface area contributed by atoms with Crippen LogP contribution < -0.4 is 5.32 Å². The predicted octanol–water partition coefficient (Wildman–Crippen LogP) is 2.57. The van der Waals surface area contributed by atoms with Gasteiger partial charge in [-0.1, -0.05) is 6.92 Å². The van der Waals surface area contributed by atoms with Crippen LogP contribution in [0.5, 0.6) is 0 Å². The molecule has 0 bridgehead atoms.